The SMILES string of the molecule is CC(Nc1ncnc(N)c1N)c1ccc(O)cc1.CC(Nc1ncnc(N)c1[N+](=O)[O-])c1ccc(O)cc1.CC(Nc1ncnc2nccnc12)c1ccc(O)cc1.Nc1ncnc(Cl)c1[N+](=O)[O-]. The Morgan fingerprint density at radius 3 is 1.33 bits per heavy atom. The number of rotatable bonds is 11. The van der Waals surface area contributed by atoms with Gasteiger partial charge in [-0.2, -0.15) is 0 Å². The van der Waals surface area contributed by atoms with Crippen molar-refractivity contribution in [2.45, 2.75) is 38.9 Å². The van der Waals surface area contributed by atoms with Crippen LogP contribution in [-0.4, -0.2) is 75.0 Å². The average molecular weight is 962 g/mol. The molecule has 0 amide bonds. The molecule has 3 aromatic carbocycles. The number of nitrogens with two attached hydrogens (primary N) is 4. The van der Waals surface area contributed by atoms with Crippen LogP contribution >= 0.6 is 11.6 Å². The van der Waals surface area contributed by atoms with E-state index in [0.717, 1.165) is 29.3 Å². The second-order valence-corrected chi connectivity index (χ2v) is 14.6. The molecule has 0 fully saturated rings. The smallest absolute Gasteiger partial charge is 0.353 e. The first-order valence-corrected chi connectivity index (χ1v) is 20.4. The monoisotopic (exact) mass is 961 g/mol. The number of nitrogens with one attached hydrogen (secondary N) is 3. The third-order valence-corrected chi connectivity index (χ3v) is 9.72. The van der Waals surface area contributed by atoms with E-state index in [0.29, 0.717) is 28.5 Å². The van der Waals surface area contributed by atoms with Gasteiger partial charge in [0.1, 0.15) is 53.8 Å². The van der Waals surface area contributed by atoms with Crippen molar-refractivity contribution in [1.29, 1.82) is 0 Å². The Labute approximate surface area is 396 Å². The predicted octanol–water partition coefficient (Wildman–Crippen LogP) is 6.28. The number of aromatic nitrogens is 10. The third kappa shape index (κ3) is 14.0. The number of benzene rings is 3. The van der Waals surface area contributed by atoms with Gasteiger partial charge in [0.05, 0.1) is 28.0 Å². The number of aromatic hydroxyl groups is 3. The molecule has 3 atom stereocenters. The largest absolute Gasteiger partial charge is 0.508 e. The number of fused-ring (bicyclic) bond motifs is 1. The van der Waals surface area contributed by atoms with E-state index in [1.807, 2.05) is 45.0 Å². The maximum absolute atomic E-state index is 11.0. The van der Waals surface area contributed by atoms with E-state index in [1.54, 1.807) is 48.8 Å². The zero-order valence-corrected chi connectivity index (χ0v) is 37.4. The lowest BCUT2D eigenvalue weighted by atomic mass is 10.1. The number of anilines is 7. The molecule has 14 N–H and O–H groups in total. The van der Waals surface area contributed by atoms with Gasteiger partial charge in [0.25, 0.3) is 0 Å². The molecule has 5 heterocycles. The fourth-order valence-corrected chi connectivity index (χ4v) is 6.00. The molecule has 0 saturated heterocycles. The standard InChI is InChI=1S/C14H13N5O.C12H13N5O3.C12H15N5O.C4H3ClN4O2/c1-9(10-2-4-11(20)5-3-10)19-14-12-13(17-8-18-14)16-7-6-15-12;1-7(8-2-4-9(18)5-3-8)16-12-10(17(19)20)11(13)14-6-15-12;1-7(8-2-4-9(18)5-3-8)17-12-10(13)11(14)15-6-16-12;5-3-2(9(10)11)4(6)8-1-7-3/h2-9,20H,1H3,(H,16,17,18,19);2-7,18H,1H3,(H3,13,14,15,16);2-7,18H,13H2,1H3,(H3,14,15,16,17);1H,(H2,6,7,8). The van der Waals surface area contributed by atoms with Crippen LogP contribution in [-0.2, 0) is 0 Å². The summed E-state index contributed by atoms with van der Waals surface area (Å²) < 4.78 is 0. The average Bonchev–Trinajstić information content (AvgIpc) is 3.31. The van der Waals surface area contributed by atoms with Gasteiger partial charge >= 0.3 is 11.4 Å². The van der Waals surface area contributed by atoms with Crippen molar-refractivity contribution >= 4 is 74.7 Å². The third-order valence-electron chi connectivity index (χ3n) is 9.45. The molecule has 0 aliphatic heterocycles. The molecule has 8 aromatic rings. The van der Waals surface area contributed by atoms with Crippen LogP contribution in [0.15, 0.2) is 110 Å². The van der Waals surface area contributed by atoms with E-state index in [-0.39, 0.29) is 69.5 Å². The summed E-state index contributed by atoms with van der Waals surface area (Å²) >= 11 is 5.35. The van der Waals surface area contributed by atoms with Crippen molar-refractivity contribution in [2.75, 3.05) is 38.9 Å². The van der Waals surface area contributed by atoms with Crippen molar-refractivity contribution in [3.63, 3.8) is 0 Å². The minimum absolute atomic E-state index is 0.0119. The molecule has 8 rings (SSSR count). The van der Waals surface area contributed by atoms with Crippen LogP contribution in [0.2, 0.25) is 5.15 Å². The summed E-state index contributed by atoms with van der Waals surface area (Å²) in [5.74, 6) is 1.68. The molecule has 26 nitrogen and oxygen atoms in total. The minimum atomic E-state index is -0.725. The Morgan fingerprint density at radius 2 is 0.870 bits per heavy atom. The lowest BCUT2D eigenvalue weighted by Gasteiger charge is -2.16. The topological polar surface area (TPSA) is 416 Å². The Bertz CT molecular complexity index is 2970. The molecule has 0 saturated carbocycles. The summed E-state index contributed by atoms with van der Waals surface area (Å²) in [5, 5.41) is 58.1. The molecule has 0 radical (unpaired) electrons. The predicted molar refractivity (Wildman–Crippen MR) is 258 cm³/mol. The van der Waals surface area contributed by atoms with E-state index in [4.69, 9.17) is 34.5 Å². The van der Waals surface area contributed by atoms with Gasteiger partial charge in [0.2, 0.25) is 22.6 Å². The number of phenolic OH excluding ortho intramolecular Hbond substituents is 3. The lowest BCUT2D eigenvalue weighted by Crippen LogP contribution is -2.11. The first-order chi connectivity index (χ1) is 32.9. The van der Waals surface area contributed by atoms with Crippen LogP contribution in [0, 0.1) is 20.2 Å². The van der Waals surface area contributed by atoms with Crippen LogP contribution in [0.25, 0.3) is 11.2 Å². The van der Waals surface area contributed by atoms with Crippen LogP contribution in [0.1, 0.15) is 55.6 Å². The Hall–Kier alpha value is -9.59. The normalized spacial score (nSPS) is 11.7. The van der Waals surface area contributed by atoms with Gasteiger partial charge in [-0.25, -0.2) is 49.8 Å². The minimum Gasteiger partial charge on any atom is -0.508 e. The van der Waals surface area contributed by atoms with Gasteiger partial charge in [-0.3, -0.25) is 20.2 Å². The Morgan fingerprint density at radius 1 is 0.493 bits per heavy atom. The first kappa shape index (κ1) is 50.4. The van der Waals surface area contributed by atoms with Crippen molar-refractivity contribution < 1.29 is 25.2 Å². The van der Waals surface area contributed by atoms with Crippen LogP contribution in [0.3, 0.4) is 0 Å². The van der Waals surface area contributed by atoms with E-state index in [2.05, 4.69) is 65.8 Å². The molecule has 356 valence electrons. The molecular weight excluding hydrogens is 918 g/mol. The summed E-state index contributed by atoms with van der Waals surface area (Å²) in [4.78, 5) is 58.6. The van der Waals surface area contributed by atoms with Crippen molar-refractivity contribution in [1.82, 2.24) is 49.8 Å². The first-order valence-electron chi connectivity index (χ1n) is 20.0. The highest BCUT2D eigenvalue weighted by Crippen LogP contribution is 2.31. The van der Waals surface area contributed by atoms with Crippen LogP contribution in [0.5, 0.6) is 17.2 Å². The van der Waals surface area contributed by atoms with Gasteiger partial charge in [0, 0.05) is 12.4 Å². The number of phenols is 3. The second kappa shape index (κ2) is 23.6. The fraction of sp³-hybridized carbons (Fsp3) is 0.143. The quantitative estimate of drug-likeness (QED) is 0.0387. The number of nitro groups is 2. The number of hydrogen-bond donors (Lipinski definition) is 10. The molecule has 0 aliphatic rings. The van der Waals surface area contributed by atoms with Gasteiger partial charge < -0.3 is 54.2 Å². The molecule has 0 spiro atoms. The molecule has 3 unspecified atom stereocenters. The summed E-state index contributed by atoms with van der Waals surface area (Å²) in [5.41, 5.74) is 25.6. The lowest BCUT2D eigenvalue weighted by molar-refractivity contribution is -0.384. The van der Waals surface area contributed by atoms with Crippen molar-refractivity contribution in [3.8, 4) is 17.2 Å². The number of halogens is 1. The van der Waals surface area contributed by atoms with Gasteiger partial charge in [-0.15, -0.1) is 0 Å². The number of hydrogen-bond acceptors (Lipinski definition) is 24. The summed E-state index contributed by atoms with van der Waals surface area (Å²) in [6.45, 7) is 5.79. The Kier molecular flexibility index (Phi) is 17.2. The van der Waals surface area contributed by atoms with E-state index >= 15 is 0 Å². The van der Waals surface area contributed by atoms with Gasteiger partial charge in [-0.1, -0.05) is 48.0 Å². The summed E-state index contributed by atoms with van der Waals surface area (Å²) in [7, 11) is 0. The highest BCUT2D eigenvalue weighted by molar-refractivity contribution is 6.31. The number of nitrogen functional groups attached to an aromatic ring is 4. The maximum Gasteiger partial charge on any atom is 0.353 e. The molecule has 0 bridgehead atoms. The van der Waals surface area contributed by atoms with Gasteiger partial charge in [-0.05, 0) is 73.9 Å². The summed E-state index contributed by atoms with van der Waals surface area (Å²) in [6.07, 6.45) is 8.25. The molecule has 5 aromatic heterocycles. The molecular formula is C42H44ClN19O7. The highest BCUT2D eigenvalue weighted by atomic mass is 35.5. The van der Waals surface area contributed by atoms with E-state index in [1.165, 1.54) is 24.8 Å². The summed E-state index contributed by atoms with van der Waals surface area (Å²) in [6, 6.07) is 20.2. The molecule has 27 heteroatoms. The zero-order chi connectivity index (χ0) is 50.2. The zero-order valence-electron chi connectivity index (χ0n) is 36.7. The maximum atomic E-state index is 11.0. The van der Waals surface area contributed by atoms with Crippen LogP contribution < -0.4 is 38.9 Å². The van der Waals surface area contributed by atoms with Crippen molar-refractivity contribution in [3.05, 3.63) is 153 Å². The van der Waals surface area contributed by atoms with E-state index in [9.17, 15) is 35.5 Å². The fourth-order valence-electron chi connectivity index (χ4n) is 5.80. The van der Waals surface area contributed by atoms with Gasteiger partial charge in [0.15, 0.2) is 23.1 Å². The molecule has 0 aliphatic carbocycles. The second-order valence-electron chi connectivity index (χ2n) is 14.2. The van der Waals surface area contributed by atoms with E-state index < -0.39 is 15.5 Å². The number of nitrogens with zero attached hydrogens (tertiary/aromatic N) is 12. The molecule has 69 heavy (non-hydrogen) atoms. The Balaban J connectivity index is 0.000000175. The highest BCUT2D eigenvalue weighted by Gasteiger charge is 2.23. The van der Waals surface area contributed by atoms with Crippen molar-refractivity contribution in [2.24, 2.45) is 0 Å². The van der Waals surface area contributed by atoms with Crippen LogP contribution in [0.4, 0.5) is 52.0 Å².